The van der Waals surface area contributed by atoms with Gasteiger partial charge in [-0.2, -0.15) is 0 Å². The van der Waals surface area contributed by atoms with Gasteiger partial charge in [-0.1, -0.05) is 32.0 Å². The average Bonchev–Trinajstić information content (AvgIpc) is 3.21. The standard InChI is InChI=1S/C26H36FN7O2/c1-15(2)23-17-11-10-16(27)13-18(17)25(28,29)26(30,31)24(23,36)14-22(35)34(3)12-6-9-21-32-19-7-4-5-8-20(19)33-21/h4-5,7-8,10-11,13,15,23,36H,6,9,12,14,28-31H2,1-3H3,(H,32,33). The van der Waals surface area contributed by atoms with Gasteiger partial charge >= 0.3 is 0 Å². The van der Waals surface area contributed by atoms with Crippen LogP contribution in [-0.4, -0.2) is 50.7 Å². The molecular formula is C26H36FN7O2. The fraction of sp³-hybridized carbons (Fsp3) is 0.462. The first-order valence-electron chi connectivity index (χ1n) is 12.1. The molecular weight excluding hydrogens is 461 g/mol. The quantitative estimate of drug-likeness (QED) is 0.267. The van der Waals surface area contributed by atoms with Crippen molar-refractivity contribution in [1.82, 2.24) is 14.9 Å². The lowest BCUT2D eigenvalue weighted by Gasteiger charge is -2.59. The smallest absolute Gasteiger partial charge is 0.225 e. The Morgan fingerprint density at radius 2 is 1.89 bits per heavy atom. The van der Waals surface area contributed by atoms with E-state index in [2.05, 4.69) is 9.97 Å². The van der Waals surface area contributed by atoms with Crippen LogP contribution in [0.1, 0.15) is 49.6 Å². The van der Waals surface area contributed by atoms with Gasteiger partial charge in [0.05, 0.1) is 17.5 Å². The monoisotopic (exact) mass is 497 g/mol. The van der Waals surface area contributed by atoms with Gasteiger partial charge in [0, 0.05) is 25.9 Å². The predicted molar refractivity (Wildman–Crippen MR) is 137 cm³/mol. The normalized spacial score (nSPS) is 22.6. The molecule has 1 aliphatic rings. The molecule has 0 saturated carbocycles. The number of fused-ring (bicyclic) bond motifs is 2. The summed E-state index contributed by atoms with van der Waals surface area (Å²) in [6.07, 6.45) is 0.915. The van der Waals surface area contributed by atoms with Crippen LogP contribution in [0.5, 0.6) is 0 Å². The van der Waals surface area contributed by atoms with Crippen molar-refractivity contribution in [2.75, 3.05) is 13.6 Å². The van der Waals surface area contributed by atoms with Gasteiger partial charge in [-0.25, -0.2) is 9.37 Å². The van der Waals surface area contributed by atoms with Crippen molar-refractivity contribution in [3.63, 3.8) is 0 Å². The first-order valence-corrected chi connectivity index (χ1v) is 12.1. The Morgan fingerprint density at radius 1 is 1.19 bits per heavy atom. The molecule has 1 amide bonds. The summed E-state index contributed by atoms with van der Waals surface area (Å²) in [5.41, 5.74) is 22.2. The number of hydrogen-bond donors (Lipinski definition) is 6. The number of hydrogen-bond acceptors (Lipinski definition) is 7. The Bertz CT molecular complexity index is 1240. The minimum Gasteiger partial charge on any atom is -0.385 e. The van der Waals surface area contributed by atoms with Crippen LogP contribution in [0.25, 0.3) is 11.0 Å². The third-order valence-electron chi connectivity index (χ3n) is 7.57. The minimum atomic E-state index is -2.12. The van der Waals surface area contributed by atoms with Crippen LogP contribution in [0.2, 0.25) is 0 Å². The van der Waals surface area contributed by atoms with Gasteiger partial charge < -0.3 is 37.9 Å². The maximum absolute atomic E-state index is 14.1. The molecule has 2 atom stereocenters. The molecule has 9 nitrogen and oxygen atoms in total. The van der Waals surface area contributed by atoms with E-state index >= 15 is 0 Å². The van der Waals surface area contributed by atoms with Gasteiger partial charge in [0.1, 0.15) is 28.6 Å². The number of H-pyrrole nitrogens is 1. The highest BCUT2D eigenvalue weighted by atomic mass is 19.1. The number of carbonyl (C=O) groups excluding carboxylic acids is 1. The molecule has 194 valence electrons. The maximum atomic E-state index is 14.1. The molecule has 0 aliphatic heterocycles. The van der Waals surface area contributed by atoms with E-state index in [4.69, 9.17) is 22.9 Å². The van der Waals surface area contributed by atoms with E-state index in [1.54, 1.807) is 7.05 Å². The predicted octanol–water partition coefficient (Wildman–Crippen LogP) is 1.35. The van der Waals surface area contributed by atoms with Crippen LogP contribution in [0.15, 0.2) is 42.5 Å². The average molecular weight is 498 g/mol. The highest BCUT2D eigenvalue weighted by Gasteiger charge is 2.65. The summed E-state index contributed by atoms with van der Waals surface area (Å²) < 4.78 is 14.1. The molecule has 0 saturated heterocycles. The van der Waals surface area contributed by atoms with E-state index in [0.717, 1.165) is 16.9 Å². The van der Waals surface area contributed by atoms with Crippen LogP contribution in [-0.2, 0) is 16.9 Å². The second kappa shape index (κ2) is 9.20. The first kappa shape index (κ1) is 26.2. The Balaban J connectivity index is 1.53. The van der Waals surface area contributed by atoms with Crippen LogP contribution >= 0.6 is 0 Å². The highest BCUT2D eigenvalue weighted by molar-refractivity contribution is 5.78. The van der Waals surface area contributed by atoms with Crippen LogP contribution < -0.4 is 22.9 Å². The summed E-state index contributed by atoms with van der Waals surface area (Å²) in [6, 6.07) is 11.8. The number of nitrogens with one attached hydrogen (secondary N) is 1. The summed E-state index contributed by atoms with van der Waals surface area (Å²) in [4.78, 5) is 22.7. The Hall–Kier alpha value is -2.89. The topological polar surface area (TPSA) is 173 Å². The van der Waals surface area contributed by atoms with E-state index < -0.39 is 35.1 Å². The van der Waals surface area contributed by atoms with Gasteiger partial charge in [0.2, 0.25) is 5.91 Å². The fourth-order valence-electron chi connectivity index (χ4n) is 5.52. The molecule has 2 aromatic carbocycles. The molecule has 1 heterocycles. The largest absolute Gasteiger partial charge is 0.385 e. The number of benzene rings is 2. The van der Waals surface area contributed by atoms with Crippen LogP contribution in [0.4, 0.5) is 4.39 Å². The number of halogens is 1. The van der Waals surface area contributed by atoms with Crippen molar-refractivity contribution in [3.8, 4) is 0 Å². The number of para-hydroxylation sites is 2. The van der Waals surface area contributed by atoms with Crippen molar-refractivity contribution >= 4 is 16.9 Å². The molecule has 0 spiro atoms. The van der Waals surface area contributed by atoms with Crippen LogP contribution in [0.3, 0.4) is 0 Å². The summed E-state index contributed by atoms with van der Waals surface area (Å²) >= 11 is 0. The molecule has 2 unspecified atom stereocenters. The summed E-state index contributed by atoms with van der Waals surface area (Å²) in [5, 5.41) is 12.0. The van der Waals surface area contributed by atoms with E-state index in [1.807, 2.05) is 38.1 Å². The van der Waals surface area contributed by atoms with Gasteiger partial charge in [-0.05, 0) is 47.7 Å². The third-order valence-corrected chi connectivity index (χ3v) is 7.57. The Labute approximate surface area is 210 Å². The second-order valence-electron chi connectivity index (χ2n) is 10.4. The van der Waals surface area contributed by atoms with Gasteiger partial charge in [0.25, 0.3) is 0 Å². The summed E-state index contributed by atoms with van der Waals surface area (Å²) in [7, 11) is 1.66. The second-order valence-corrected chi connectivity index (χ2v) is 10.4. The number of aromatic amines is 1. The Kier molecular flexibility index (Phi) is 6.69. The lowest BCUT2D eigenvalue weighted by atomic mass is 9.57. The number of aliphatic hydroxyl groups is 1. The first-order chi connectivity index (χ1) is 16.8. The molecule has 1 aliphatic carbocycles. The SMILES string of the molecule is CC(C)C1c2ccc(F)cc2C(N)(N)C(N)(N)C1(O)CC(=O)N(C)CCCc1nc2ccccc2[nH]1. The lowest BCUT2D eigenvalue weighted by Crippen LogP contribution is -2.86. The molecule has 10 N–H and O–H groups in total. The van der Waals surface area contributed by atoms with Gasteiger partial charge in [-0.15, -0.1) is 0 Å². The molecule has 1 aromatic heterocycles. The van der Waals surface area contributed by atoms with Crippen molar-refractivity contribution in [3.05, 3.63) is 65.2 Å². The van der Waals surface area contributed by atoms with Gasteiger partial charge in [0.15, 0.2) is 0 Å². The molecule has 0 bridgehead atoms. The zero-order valence-corrected chi connectivity index (χ0v) is 21.0. The number of imidazole rings is 1. The molecule has 3 aromatic rings. The minimum absolute atomic E-state index is 0.201. The highest BCUT2D eigenvalue weighted by Crippen LogP contribution is 2.51. The molecule has 10 heteroatoms. The maximum Gasteiger partial charge on any atom is 0.225 e. The van der Waals surface area contributed by atoms with Gasteiger partial charge in [-0.3, -0.25) is 4.79 Å². The Morgan fingerprint density at radius 3 is 2.56 bits per heavy atom. The third kappa shape index (κ3) is 4.18. The van der Waals surface area contributed by atoms with E-state index in [1.165, 1.54) is 23.1 Å². The van der Waals surface area contributed by atoms with Crippen molar-refractivity contribution < 1.29 is 14.3 Å². The molecule has 0 fully saturated rings. The number of carbonyl (C=O) groups is 1. The number of nitrogens with zero attached hydrogens (tertiary/aromatic N) is 2. The number of nitrogens with two attached hydrogens (primary N) is 4. The lowest BCUT2D eigenvalue weighted by molar-refractivity contribution is -0.150. The van der Waals surface area contributed by atoms with Crippen LogP contribution in [0, 0.1) is 11.7 Å². The summed E-state index contributed by atoms with van der Waals surface area (Å²) in [6.45, 7) is 4.18. The van der Waals surface area contributed by atoms with E-state index in [-0.39, 0.29) is 17.4 Å². The van der Waals surface area contributed by atoms with E-state index in [0.29, 0.717) is 24.9 Å². The number of rotatable bonds is 7. The zero-order chi connectivity index (χ0) is 26.5. The number of amides is 1. The number of aromatic nitrogens is 2. The zero-order valence-electron chi connectivity index (χ0n) is 21.0. The van der Waals surface area contributed by atoms with Crippen molar-refractivity contribution in [2.45, 2.75) is 56.0 Å². The van der Waals surface area contributed by atoms with E-state index in [9.17, 15) is 14.3 Å². The number of aryl methyl sites for hydroxylation is 1. The molecule has 4 rings (SSSR count). The molecule has 0 radical (unpaired) electrons. The van der Waals surface area contributed by atoms with Crippen molar-refractivity contribution in [1.29, 1.82) is 0 Å². The van der Waals surface area contributed by atoms with Crippen molar-refractivity contribution in [2.24, 2.45) is 28.9 Å². The fourth-order valence-corrected chi connectivity index (χ4v) is 5.52. The summed E-state index contributed by atoms with van der Waals surface area (Å²) in [5.74, 6) is -0.956. The molecule has 36 heavy (non-hydrogen) atoms.